The molecule has 0 amide bonds. The van der Waals surface area contributed by atoms with Crippen LogP contribution in [0.2, 0.25) is 5.02 Å². The van der Waals surface area contributed by atoms with Gasteiger partial charge in [0.2, 0.25) is 10.0 Å². The van der Waals surface area contributed by atoms with Crippen LogP contribution in [0, 0.1) is 0 Å². The van der Waals surface area contributed by atoms with Gasteiger partial charge in [0.25, 0.3) is 0 Å². The van der Waals surface area contributed by atoms with Crippen molar-refractivity contribution in [3.8, 4) is 0 Å². The zero-order valence-electron chi connectivity index (χ0n) is 9.71. The summed E-state index contributed by atoms with van der Waals surface area (Å²) < 4.78 is 30.8. The second-order valence-electron chi connectivity index (χ2n) is 3.80. The van der Waals surface area contributed by atoms with Crippen molar-refractivity contribution in [3.63, 3.8) is 0 Å². The highest BCUT2D eigenvalue weighted by Gasteiger charge is 2.21. The summed E-state index contributed by atoms with van der Waals surface area (Å²) in [7, 11) is -2.05. The fourth-order valence-corrected chi connectivity index (χ4v) is 2.95. The molecule has 6 heteroatoms. The molecule has 0 radical (unpaired) electrons. The second-order valence-corrected chi connectivity index (χ2v) is 6.28. The van der Waals surface area contributed by atoms with Crippen molar-refractivity contribution < 1.29 is 12.8 Å². The molecule has 18 heavy (non-hydrogen) atoms. The Morgan fingerprint density at radius 1 is 1.28 bits per heavy atom. The molecule has 4 nitrogen and oxygen atoms in total. The van der Waals surface area contributed by atoms with E-state index < -0.39 is 10.0 Å². The fourth-order valence-electron chi connectivity index (χ4n) is 1.51. The van der Waals surface area contributed by atoms with Gasteiger partial charge in [0, 0.05) is 12.1 Å². The summed E-state index contributed by atoms with van der Waals surface area (Å²) >= 11 is 5.80. The van der Waals surface area contributed by atoms with Crippen LogP contribution in [0.3, 0.4) is 0 Å². The first kappa shape index (κ1) is 13.1. The molecule has 96 valence electrons. The van der Waals surface area contributed by atoms with E-state index in [0.717, 1.165) is 0 Å². The predicted octanol–water partition coefficient (Wildman–Crippen LogP) is 2.75. The van der Waals surface area contributed by atoms with Gasteiger partial charge in [-0.15, -0.1) is 0 Å². The van der Waals surface area contributed by atoms with Crippen molar-refractivity contribution in [2.75, 3.05) is 7.05 Å². The normalized spacial score (nSPS) is 11.9. The van der Waals surface area contributed by atoms with Crippen LogP contribution >= 0.6 is 11.6 Å². The Bertz CT molecular complexity index is 623. The molecular formula is C12H12ClNO3S. The summed E-state index contributed by atoms with van der Waals surface area (Å²) in [5.41, 5.74) is 0. The summed E-state index contributed by atoms with van der Waals surface area (Å²) in [4.78, 5) is 0.170. The highest BCUT2D eigenvalue weighted by Crippen LogP contribution is 2.20. The molecule has 0 fully saturated rings. The lowest BCUT2D eigenvalue weighted by atomic mass is 10.4. The molecule has 0 spiro atoms. The lowest BCUT2D eigenvalue weighted by Crippen LogP contribution is -2.26. The maximum atomic E-state index is 12.2. The number of hydrogen-bond donors (Lipinski definition) is 0. The molecule has 2 rings (SSSR count). The zero-order valence-corrected chi connectivity index (χ0v) is 11.3. The van der Waals surface area contributed by atoms with Gasteiger partial charge in [0.1, 0.15) is 5.76 Å². The molecule has 0 aliphatic carbocycles. The molecular weight excluding hydrogens is 274 g/mol. The number of benzene rings is 1. The molecule has 0 aliphatic rings. The van der Waals surface area contributed by atoms with E-state index in [1.165, 1.54) is 29.7 Å². The maximum absolute atomic E-state index is 12.2. The zero-order chi connectivity index (χ0) is 13.2. The third-order valence-corrected chi connectivity index (χ3v) is 4.50. The Morgan fingerprint density at radius 3 is 2.67 bits per heavy atom. The average Bonchev–Trinajstić information content (AvgIpc) is 2.81. The molecule has 2 aromatic rings. The number of sulfonamides is 1. The van der Waals surface area contributed by atoms with E-state index in [4.69, 9.17) is 16.0 Å². The van der Waals surface area contributed by atoms with Crippen LogP contribution < -0.4 is 0 Å². The molecule has 1 heterocycles. The van der Waals surface area contributed by atoms with Crippen LogP contribution in [-0.4, -0.2) is 19.8 Å². The minimum Gasteiger partial charge on any atom is -0.468 e. The Kier molecular flexibility index (Phi) is 3.75. The third kappa shape index (κ3) is 2.75. The van der Waals surface area contributed by atoms with Crippen molar-refractivity contribution >= 4 is 21.6 Å². The van der Waals surface area contributed by atoms with E-state index in [-0.39, 0.29) is 11.4 Å². The Morgan fingerprint density at radius 2 is 2.06 bits per heavy atom. The van der Waals surface area contributed by atoms with E-state index >= 15 is 0 Å². The smallest absolute Gasteiger partial charge is 0.243 e. The number of furan rings is 1. The first-order chi connectivity index (χ1) is 8.50. The molecule has 0 saturated heterocycles. The Hall–Kier alpha value is -1.30. The number of halogens is 1. The van der Waals surface area contributed by atoms with Gasteiger partial charge in [-0.3, -0.25) is 0 Å². The first-order valence-electron chi connectivity index (χ1n) is 5.24. The minimum absolute atomic E-state index is 0.170. The lowest BCUT2D eigenvalue weighted by Gasteiger charge is -2.15. The quantitative estimate of drug-likeness (QED) is 0.868. The molecule has 0 aliphatic heterocycles. The van der Waals surface area contributed by atoms with Crippen LogP contribution in [0.1, 0.15) is 5.76 Å². The predicted molar refractivity (Wildman–Crippen MR) is 68.8 cm³/mol. The van der Waals surface area contributed by atoms with Gasteiger partial charge in [-0.1, -0.05) is 17.7 Å². The molecule has 0 atom stereocenters. The second kappa shape index (κ2) is 5.14. The van der Waals surface area contributed by atoms with Gasteiger partial charge < -0.3 is 4.42 Å². The largest absolute Gasteiger partial charge is 0.468 e. The summed E-state index contributed by atoms with van der Waals surface area (Å²) in [5, 5.41) is 0.391. The van der Waals surface area contributed by atoms with Crippen molar-refractivity contribution in [2.24, 2.45) is 0 Å². The van der Waals surface area contributed by atoms with Crippen LogP contribution in [0.25, 0.3) is 0 Å². The molecule has 0 N–H and O–H groups in total. The monoisotopic (exact) mass is 285 g/mol. The minimum atomic E-state index is -3.55. The topological polar surface area (TPSA) is 50.5 Å². The van der Waals surface area contributed by atoms with Crippen LogP contribution in [-0.2, 0) is 16.6 Å². The van der Waals surface area contributed by atoms with Gasteiger partial charge in [0.05, 0.1) is 17.7 Å². The maximum Gasteiger partial charge on any atom is 0.243 e. The highest BCUT2D eigenvalue weighted by molar-refractivity contribution is 7.89. The van der Waals surface area contributed by atoms with Gasteiger partial charge in [-0.05, 0) is 30.3 Å². The summed E-state index contributed by atoms with van der Waals surface area (Å²) in [6.45, 7) is 0.182. The van der Waals surface area contributed by atoms with Gasteiger partial charge in [-0.25, -0.2) is 8.42 Å². The first-order valence-corrected chi connectivity index (χ1v) is 7.06. The summed E-state index contributed by atoms with van der Waals surface area (Å²) in [6.07, 6.45) is 1.51. The number of rotatable bonds is 4. The number of nitrogens with zero attached hydrogens (tertiary/aromatic N) is 1. The highest BCUT2D eigenvalue weighted by atomic mass is 35.5. The van der Waals surface area contributed by atoms with Crippen molar-refractivity contribution in [2.45, 2.75) is 11.4 Å². The molecule has 0 bridgehead atoms. The van der Waals surface area contributed by atoms with E-state index in [2.05, 4.69) is 0 Å². The third-order valence-electron chi connectivity index (χ3n) is 2.46. The lowest BCUT2D eigenvalue weighted by molar-refractivity contribution is 0.406. The van der Waals surface area contributed by atoms with Gasteiger partial charge in [0.15, 0.2) is 0 Å². The van der Waals surface area contributed by atoms with Crippen LogP contribution in [0.5, 0.6) is 0 Å². The standard InChI is InChI=1S/C12H12ClNO3S/c1-14(9-11-5-3-7-17-11)18(15,16)12-6-2-4-10(13)8-12/h2-8H,9H2,1H3. The summed E-state index contributed by atoms with van der Waals surface area (Å²) in [6, 6.07) is 9.62. The Balaban J connectivity index is 2.25. The Labute approximate surface area is 111 Å². The van der Waals surface area contributed by atoms with E-state index in [1.54, 1.807) is 24.3 Å². The molecule has 1 aromatic carbocycles. The molecule has 0 unspecified atom stereocenters. The van der Waals surface area contributed by atoms with E-state index in [0.29, 0.717) is 10.8 Å². The van der Waals surface area contributed by atoms with Crippen molar-refractivity contribution in [1.82, 2.24) is 4.31 Å². The van der Waals surface area contributed by atoms with E-state index in [1.807, 2.05) is 0 Å². The van der Waals surface area contributed by atoms with Crippen molar-refractivity contribution in [1.29, 1.82) is 0 Å². The van der Waals surface area contributed by atoms with Crippen molar-refractivity contribution in [3.05, 3.63) is 53.4 Å². The van der Waals surface area contributed by atoms with E-state index in [9.17, 15) is 8.42 Å². The van der Waals surface area contributed by atoms with Gasteiger partial charge >= 0.3 is 0 Å². The summed E-state index contributed by atoms with van der Waals surface area (Å²) in [5.74, 6) is 0.586. The van der Waals surface area contributed by atoms with Crippen LogP contribution in [0.4, 0.5) is 0 Å². The molecule has 0 saturated carbocycles. The fraction of sp³-hybridized carbons (Fsp3) is 0.167. The average molecular weight is 286 g/mol. The van der Waals surface area contributed by atoms with Gasteiger partial charge in [-0.2, -0.15) is 4.31 Å². The number of hydrogen-bond acceptors (Lipinski definition) is 3. The molecule has 1 aromatic heterocycles. The van der Waals surface area contributed by atoms with Crippen LogP contribution in [0.15, 0.2) is 52.0 Å². The SMILES string of the molecule is CN(Cc1ccco1)S(=O)(=O)c1cccc(Cl)c1.